The Bertz CT molecular complexity index is 733. The monoisotopic (exact) mass is 307 g/mol. The number of carbonyl (C=O) groups is 1. The van der Waals surface area contributed by atoms with Crippen LogP contribution in [-0.4, -0.2) is 15.9 Å². The van der Waals surface area contributed by atoms with Crippen LogP contribution >= 0.6 is 11.6 Å². The second-order valence-electron chi connectivity index (χ2n) is 4.12. The van der Waals surface area contributed by atoms with Gasteiger partial charge in [-0.1, -0.05) is 17.7 Å². The van der Waals surface area contributed by atoms with Gasteiger partial charge in [0.2, 0.25) is 0 Å². The van der Waals surface area contributed by atoms with Crippen molar-refractivity contribution in [2.75, 3.05) is 11.1 Å². The van der Waals surface area contributed by atoms with Crippen LogP contribution in [0.1, 0.15) is 10.4 Å². The Morgan fingerprint density at radius 2 is 2.05 bits per heavy atom. The number of hydrogen-bond acceptors (Lipinski definition) is 5. The number of rotatable bonds is 3. The summed E-state index contributed by atoms with van der Waals surface area (Å²) in [7, 11) is 0. The number of aromatic hydroxyl groups is 1. The van der Waals surface area contributed by atoms with E-state index in [-0.39, 0.29) is 16.9 Å². The molecule has 0 radical (unpaired) electrons. The van der Waals surface area contributed by atoms with E-state index >= 15 is 0 Å². The third kappa shape index (κ3) is 3.03. The van der Waals surface area contributed by atoms with E-state index in [0.717, 1.165) is 0 Å². The Hall–Kier alpha value is -2.80. The molecular formula is C13H10ClN3O4. The van der Waals surface area contributed by atoms with Gasteiger partial charge < -0.3 is 16.2 Å². The number of nitro benzene ring substituents is 1. The summed E-state index contributed by atoms with van der Waals surface area (Å²) in [5.41, 5.74) is 5.27. The van der Waals surface area contributed by atoms with E-state index in [1.54, 1.807) is 0 Å². The number of nitrogens with zero attached hydrogens (tertiary/aromatic N) is 1. The maximum absolute atomic E-state index is 12.1. The van der Waals surface area contributed by atoms with E-state index in [0.29, 0.717) is 5.02 Å². The van der Waals surface area contributed by atoms with Crippen LogP contribution in [0, 0.1) is 10.1 Å². The summed E-state index contributed by atoms with van der Waals surface area (Å²) in [5.74, 6) is -1.05. The first-order chi connectivity index (χ1) is 9.90. The molecule has 2 aromatic rings. The number of nitrogens with one attached hydrogen (secondary N) is 1. The van der Waals surface area contributed by atoms with Crippen molar-refractivity contribution in [3.63, 3.8) is 0 Å². The van der Waals surface area contributed by atoms with Crippen molar-refractivity contribution >= 4 is 34.6 Å². The molecule has 2 aromatic carbocycles. The number of nitro groups is 1. The molecule has 8 heteroatoms. The molecule has 0 aromatic heterocycles. The number of hydrogen-bond donors (Lipinski definition) is 3. The number of phenols is 1. The highest BCUT2D eigenvalue weighted by molar-refractivity contribution is 6.33. The van der Waals surface area contributed by atoms with Crippen LogP contribution < -0.4 is 11.1 Å². The minimum absolute atomic E-state index is 0.162. The van der Waals surface area contributed by atoms with Crippen LogP contribution in [0.4, 0.5) is 17.1 Å². The van der Waals surface area contributed by atoms with Gasteiger partial charge in [0.1, 0.15) is 5.75 Å². The van der Waals surface area contributed by atoms with Gasteiger partial charge >= 0.3 is 0 Å². The fraction of sp³-hybridized carbons (Fsp3) is 0. The molecule has 0 saturated carbocycles. The predicted molar refractivity (Wildman–Crippen MR) is 78.6 cm³/mol. The quantitative estimate of drug-likeness (QED) is 0.349. The first-order valence-electron chi connectivity index (χ1n) is 5.73. The van der Waals surface area contributed by atoms with E-state index in [9.17, 15) is 20.0 Å². The smallest absolute Gasteiger partial charge is 0.296 e. The number of para-hydroxylation sites is 1. The number of amides is 1. The predicted octanol–water partition coefficient (Wildman–Crippen LogP) is 2.79. The van der Waals surface area contributed by atoms with Crippen molar-refractivity contribution in [2.45, 2.75) is 0 Å². The molecule has 0 fully saturated rings. The topological polar surface area (TPSA) is 118 Å². The molecule has 0 atom stereocenters. The van der Waals surface area contributed by atoms with E-state index in [1.165, 1.54) is 36.4 Å². The Labute approximate surface area is 124 Å². The number of benzene rings is 2. The highest BCUT2D eigenvalue weighted by Gasteiger charge is 2.20. The van der Waals surface area contributed by atoms with E-state index < -0.39 is 22.3 Å². The molecule has 0 aliphatic carbocycles. The summed E-state index contributed by atoms with van der Waals surface area (Å²) in [6.07, 6.45) is 0. The molecule has 21 heavy (non-hydrogen) atoms. The average Bonchev–Trinajstić information content (AvgIpc) is 2.43. The lowest BCUT2D eigenvalue weighted by Crippen LogP contribution is -2.13. The van der Waals surface area contributed by atoms with Crippen LogP contribution in [0.15, 0.2) is 36.4 Å². The van der Waals surface area contributed by atoms with Crippen molar-refractivity contribution in [3.05, 3.63) is 57.1 Å². The van der Waals surface area contributed by atoms with Crippen LogP contribution in [0.25, 0.3) is 0 Å². The number of nitrogens with two attached hydrogens (primary N) is 1. The molecule has 2 rings (SSSR count). The van der Waals surface area contributed by atoms with Gasteiger partial charge in [0, 0.05) is 11.6 Å². The lowest BCUT2D eigenvalue weighted by atomic mass is 10.1. The number of nitrogen functional groups attached to an aromatic ring is 1. The molecule has 0 aliphatic heterocycles. The first kappa shape index (κ1) is 14.6. The van der Waals surface area contributed by atoms with Crippen LogP contribution in [0.2, 0.25) is 5.02 Å². The molecule has 7 nitrogen and oxygen atoms in total. The molecule has 0 bridgehead atoms. The normalized spacial score (nSPS) is 10.1. The van der Waals surface area contributed by atoms with Crippen molar-refractivity contribution in [3.8, 4) is 5.75 Å². The highest BCUT2D eigenvalue weighted by Crippen LogP contribution is 2.33. The third-order valence-corrected chi connectivity index (χ3v) is 3.06. The zero-order valence-electron chi connectivity index (χ0n) is 10.5. The maximum atomic E-state index is 12.1. The number of anilines is 2. The fourth-order valence-corrected chi connectivity index (χ4v) is 1.80. The Morgan fingerprint density at radius 3 is 2.67 bits per heavy atom. The largest absolute Gasteiger partial charge is 0.505 e. The first-order valence-corrected chi connectivity index (χ1v) is 6.10. The zero-order chi connectivity index (χ0) is 15.6. The van der Waals surface area contributed by atoms with Gasteiger partial charge in [-0.05, 0) is 24.3 Å². The Morgan fingerprint density at radius 1 is 1.33 bits per heavy atom. The van der Waals surface area contributed by atoms with Crippen molar-refractivity contribution < 1.29 is 14.8 Å². The van der Waals surface area contributed by atoms with Gasteiger partial charge in [0.25, 0.3) is 11.6 Å². The Kier molecular flexibility index (Phi) is 3.95. The summed E-state index contributed by atoms with van der Waals surface area (Å²) in [6.45, 7) is 0. The minimum Gasteiger partial charge on any atom is -0.505 e. The number of halogens is 1. The molecular weight excluding hydrogens is 298 g/mol. The Balaban J connectivity index is 2.36. The lowest BCUT2D eigenvalue weighted by Gasteiger charge is -2.08. The molecule has 0 spiro atoms. The molecule has 0 saturated heterocycles. The fourth-order valence-electron chi connectivity index (χ4n) is 1.68. The molecule has 4 N–H and O–H groups in total. The second kappa shape index (κ2) is 5.68. The van der Waals surface area contributed by atoms with Gasteiger partial charge in [0.15, 0.2) is 5.69 Å². The second-order valence-corrected chi connectivity index (χ2v) is 4.53. The molecule has 0 aliphatic rings. The van der Waals surface area contributed by atoms with Gasteiger partial charge in [-0.3, -0.25) is 14.9 Å². The number of phenolic OH excluding ortho intramolecular Hbond substituents is 1. The lowest BCUT2D eigenvalue weighted by molar-refractivity contribution is -0.384. The molecule has 108 valence electrons. The highest BCUT2D eigenvalue weighted by atomic mass is 35.5. The SMILES string of the molecule is Nc1cc(C(=O)Nc2c(O)cccc2[N+](=O)[O-])ccc1Cl. The number of carbonyl (C=O) groups excluding carboxylic acids is 1. The average molecular weight is 308 g/mol. The maximum Gasteiger partial charge on any atom is 0.296 e. The summed E-state index contributed by atoms with van der Waals surface area (Å²) in [5, 5.41) is 23.2. The van der Waals surface area contributed by atoms with Crippen molar-refractivity contribution in [2.24, 2.45) is 0 Å². The van der Waals surface area contributed by atoms with E-state index in [4.69, 9.17) is 17.3 Å². The van der Waals surface area contributed by atoms with Crippen LogP contribution in [0.5, 0.6) is 5.75 Å². The van der Waals surface area contributed by atoms with E-state index in [1.807, 2.05) is 0 Å². The van der Waals surface area contributed by atoms with Gasteiger partial charge in [-0.15, -0.1) is 0 Å². The van der Waals surface area contributed by atoms with Gasteiger partial charge in [0.05, 0.1) is 15.6 Å². The van der Waals surface area contributed by atoms with Crippen LogP contribution in [0.3, 0.4) is 0 Å². The standard InChI is InChI=1S/C13H10ClN3O4/c14-8-5-4-7(6-9(8)15)13(19)16-12-10(17(20)21)2-1-3-11(12)18/h1-6,18H,15H2,(H,16,19). The molecule has 0 heterocycles. The summed E-state index contributed by atoms with van der Waals surface area (Å²) >= 11 is 5.75. The van der Waals surface area contributed by atoms with Crippen LogP contribution in [-0.2, 0) is 0 Å². The third-order valence-electron chi connectivity index (χ3n) is 2.71. The van der Waals surface area contributed by atoms with Gasteiger partial charge in [-0.2, -0.15) is 0 Å². The van der Waals surface area contributed by atoms with Crippen molar-refractivity contribution in [1.82, 2.24) is 0 Å². The molecule has 0 unspecified atom stereocenters. The van der Waals surface area contributed by atoms with E-state index in [2.05, 4.69) is 5.32 Å². The summed E-state index contributed by atoms with van der Waals surface area (Å²) in [6, 6.07) is 7.90. The zero-order valence-corrected chi connectivity index (χ0v) is 11.3. The van der Waals surface area contributed by atoms with Gasteiger partial charge in [-0.25, -0.2) is 0 Å². The van der Waals surface area contributed by atoms with Crippen molar-refractivity contribution in [1.29, 1.82) is 0 Å². The summed E-state index contributed by atoms with van der Waals surface area (Å²) in [4.78, 5) is 22.3. The minimum atomic E-state index is -0.703. The molecule has 1 amide bonds. The summed E-state index contributed by atoms with van der Waals surface area (Å²) < 4.78 is 0.